The molecule has 31 heavy (non-hydrogen) atoms. The molecule has 1 aliphatic heterocycles. The fourth-order valence-electron chi connectivity index (χ4n) is 3.64. The van der Waals surface area contributed by atoms with Gasteiger partial charge in [0.15, 0.2) is 0 Å². The first kappa shape index (κ1) is 21.1. The summed E-state index contributed by atoms with van der Waals surface area (Å²) in [5.74, 6) is 0.0842. The van der Waals surface area contributed by atoms with Crippen molar-refractivity contribution in [2.24, 2.45) is 0 Å². The van der Waals surface area contributed by atoms with Gasteiger partial charge in [-0.3, -0.25) is 4.79 Å². The van der Waals surface area contributed by atoms with Crippen LogP contribution in [0.4, 0.5) is 0 Å². The van der Waals surface area contributed by atoms with E-state index in [1.807, 2.05) is 37.3 Å². The van der Waals surface area contributed by atoms with Crippen LogP contribution in [-0.2, 0) is 19.6 Å². The van der Waals surface area contributed by atoms with Crippen molar-refractivity contribution in [1.82, 2.24) is 4.90 Å². The molecular weight excluding hydrogens is 414 g/mol. The fraction of sp³-hybridized carbons (Fsp3) is 0.208. The van der Waals surface area contributed by atoms with E-state index in [2.05, 4.69) is 0 Å². The summed E-state index contributed by atoms with van der Waals surface area (Å²) in [6.45, 7) is 2.18. The van der Waals surface area contributed by atoms with Gasteiger partial charge in [0.05, 0.1) is 12.6 Å². The molecule has 2 atom stereocenters. The van der Waals surface area contributed by atoms with Crippen molar-refractivity contribution >= 4 is 16.0 Å². The largest absolute Gasteiger partial charge is 0.379 e. The van der Waals surface area contributed by atoms with Gasteiger partial charge < -0.3 is 13.8 Å². The lowest BCUT2D eigenvalue weighted by molar-refractivity contribution is -0.152. The van der Waals surface area contributed by atoms with Gasteiger partial charge in [-0.1, -0.05) is 66.7 Å². The van der Waals surface area contributed by atoms with E-state index in [9.17, 15) is 13.2 Å². The molecule has 1 saturated heterocycles. The molecule has 0 unspecified atom stereocenters. The molecule has 4 rings (SSSR count). The van der Waals surface area contributed by atoms with Gasteiger partial charge in [-0.15, -0.1) is 0 Å². The highest BCUT2D eigenvalue weighted by Crippen LogP contribution is 2.34. The van der Waals surface area contributed by atoms with Gasteiger partial charge in [-0.05, 0) is 30.7 Å². The average Bonchev–Trinajstić information content (AvgIpc) is 2.80. The zero-order valence-corrected chi connectivity index (χ0v) is 17.9. The van der Waals surface area contributed by atoms with Gasteiger partial charge in [0.1, 0.15) is 23.4 Å². The Bertz CT molecular complexity index is 1150. The normalized spacial score (nSPS) is 17.9. The minimum Gasteiger partial charge on any atom is -0.379 e. The predicted octanol–water partition coefficient (Wildman–Crippen LogP) is 4.12. The monoisotopic (exact) mass is 437 g/mol. The lowest BCUT2D eigenvalue weighted by Crippen LogP contribution is -2.44. The Morgan fingerprint density at radius 3 is 2.26 bits per heavy atom. The number of morpholine rings is 1. The first-order valence-corrected chi connectivity index (χ1v) is 11.4. The summed E-state index contributed by atoms with van der Waals surface area (Å²) in [5.41, 5.74) is 1.60. The van der Waals surface area contributed by atoms with E-state index in [0.717, 1.165) is 5.56 Å². The summed E-state index contributed by atoms with van der Waals surface area (Å²) in [6, 6.07) is 24.5. The van der Waals surface area contributed by atoms with Crippen molar-refractivity contribution in [3.05, 3.63) is 96.1 Å². The predicted molar refractivity (Wildman–Crippen MR) is 116 cm³/mol. The number of hydrogen-bond acceptors (Lipinski definition) is 5. The average molecular weight is 438 g/mol. The number of benzene rings is 3. The summed E-state index contributed by atoms with van der Waals surface area (Å²) in [5, 5.41) is 0. The first-order chi connectivity index (χ1) is 15.0. The molecular formula is C24H23NO5S. The van der Waals surface area contributed by atoms with Gasteiger partial charge in [-0.25, -0.2) is 0 Å². The molecule has 7 heteroatoms. The van der Waals surface area contributed by atoms with Crippen LogP contribution >= 0.6 is 0 Å². The van der Waals surface area contributed by atoms with Crippen LogP contribution in [0.2, 0.25) is 0 Å². The Morgan fingerprint density at radius 2 is 1.55 bits per heavy atom. The maximum Gasteiger partial charge on any atom is 0.339 e. The maximum atomic E-state index is 12.7. The molecule has 0 radical (unpaired) electrons. The molecule has 3 aromatic rings. The quantitative estimate of drug-likeness (QED) is 0.543. The molecule has 0 aromatic heterocycles. The van der Waals surface area contributed by atoms with Crippen molar-refractivity contribution in [1.29, 1.82) is 0 Å². The smallest absolute Gasteiger partial charge is 0.339 e. The van der Waals surface area contributed by atoms with E-state index < -0.39 is 16.2 Å². The second kappa shape index (κ2) is 8.91. The van der Waals surface area contributed by atoms with Gasteiger partial charge in [-0.2, -0.15) is 8.42 Å². The molecule has 0 spiro atoms. The van der Waals surface area contributed by atoms with Crippen molar-refractivity contribution < 1.29 is 22.1 Å². The standard InChI is InChI=1S/C24H23NO5S/c1-18(19-10-4-2-5-11-19)25-16-23(29-17-24(25)26)21-14-8-9-15-22(21)30-31(27,28)20-12-6-3-7-13-20/h2-15,18,23H,16-17H2,1H3/t18-,23+/m1/s1. The van der Waals surface area contributed by atoms with Gasteiger partial charge in [0, 0.05) is 5.56 Å². The van der Waals surface area contributed by atoms with E-state index in [4.69, 9.17) is 8.92 Å². The summed E-state index contributed by atoms with van der Waals surface area (Å²) in [7, 11) is -3.99. The Morgan fingerprint density at radius 1 is 0.935 bits per heavy atom. The van der Waals surface area contributed by atoms with Crippen molar-refractivity contribution in [3.63, 3.8) is 0 Å². The Hall–Kier alpha value is -3.16. The van der Waals surface area contributed by atoms with E-state index >= 15 is 0 Å². The minimum atomic E-state index is -3.99. The van der Waals surface area contributed by atoms with Crippen LogP contribution in [-0.4, -0.2) is 32.4 Å². The Labute approximate surface area is 182 Å². The highest BCUT2D eigenvalue weighted by Gasteiger charge is 2.33. The maximum absolute atomic E-state index is 12.7. The molecule has 1 fully saturated rings. The number of carbonyl (C=O) groups excluding carboxylic acids is 1. The first-order valence-electron chi connectivity index (χ1n) is 10.0. The highest BCUT2D eigenvalue weighted by atomic mass is 32.2. The van der Waals surface area contributed by atoms with Crippen molar-refractivity contribution in [2.45, 2.75) is 24.0 Å². The van der Waals surface area contributed by atoms with E-state index in [1.54, 1.807) is 47.4 Å². The van der Waals surface area contributed by atoms with Crippen molar-refractivity contribution in [2.75, 3.05) is 13.2 Å². The lowest BCUT2D eigenvalue weighted by Gasteiger charge is -2.37. The number of hydrogen-bond donors (Lipinski definition) is 0. The number of para-hydroxylation sites is 1. The SMILES string of the molecule is C[C@H](c1ccccc1)N1C[C@@H](c2ccccc2OS(=O)(=O)c2ccccc2)OCC1=O. The number of carbonyl (C=O) groups is 1. The Kier molecular flexibility index (Phi) is 6.06. The van der Waals surface area contributed by atoms with E-state index in [0.29, 0.717) is 12.1 Å². The molecule has 160 valence electrons. The number of amides is 1. The number of ether oxygens (including phenoxy) is 1. The summed E-state index contributed by atoms with van der Waals surface area (Å²) in [6.07, 6.45) is -0.508. The minimum absolute atomic E-state index is 0.0730. The van der Waals surface area contributed by atoms with Gasteiger partial charge in [0.25, 0.3) is 0 Å². The zero-order chi connectivity index (χ0) is 21.8. The third-order valence-corrected chi connectivity index (χ3v) is 6.59. The van der Waals surface area contributed by atoms with Crippen molar-refractivity contribution in [3.8, 4) is 5.75 Å². The third kappa shape index (κ3) is 4.62. The second-order valence-corrected chi connectivity index (χ2v) is 8.87. The molecule has 1 amide bonds. The van der Waals surface area contributed by atoms with Crippen LogP contribution in [0.3, 0.4) is 0 Å². The molecule has 6 nitrogen and oxygen atoms in total. The number of rotatable bonds is 6. The third-order valence-electron chi connectivity index (χ3n) is 5.34. The summed E-state index contributed by atoms with van der Waals surface area (Å²) >= 11 is 0. The van der Waals surface area contributed by atoms with E-state index in [1.165, 1.54) is 12.1 Å². The second-order valence-electron chi connectivity index (χ2n) is 7.32. The molecule has 0 saturated carbocycles. The van der Waals surface area contributed by atoms with Crippen LogP contribution < -0.4 is 4.18 Å². The molecule has 1 heterocycles. The highest BCUT2D eigenvalue weighted by molar-refractivity contribution is 7.87. The molecule has 1 aliphatic rings. The zero-order valence-electron chi connectivity index (χ0n) is 17.0. The van der Waals surface area contributed by atoms with Crippen LogP contribution in [0.5, 0.6) is 5.75 Å². The van der Waals surface area contributed by atoms with E-state index in [-0.39, 0.29) is 29.2 Å². The van der Waals surface area contributed by atoms with Crippen LogP contribution in [0, 0.1) is 0 Å². The fourth-order valence-corrected chi connectivity index (χ4v) is 4.61. The summed E-state index contributed by atoms with van der Waals surface area (Å²) < 4.78 is 36.7. The molecule has 0 aliphatic carbocycles. The van der Waals surface area contributed by atoms with Gasteiger partial charge in [0.2, 0.25) is 5.91 Å². The van der Waals surface area contributed by atoms with Crippen LogP contribution in [0.15, 0.2) is 89.8 Å². The number of nitrogens with zero attached hydrogens (tertiary/aromatic N) is 1. The van der Waals surface area contributed by atoms with Crippen LogP contribution in [0.1, 0.15) is 30.2 Å². The van der Waals surface area contributed by atoms with Crippen LogP contribution in [0.25, 0.3) is 0 Å². The molecule has 3 aromatic carbocycles. The molecule has 0 bridgehead atoms. The molecule has 0 N–H and O–H groups in total. The summed E-state index contributed by atoms with van der Waals surface area (Å²) in [4.78, 5) is 14.4. The lowest BCUT2D eigenvalue weighted by atomic mass is 10.0. The van der Waals surface area contributed by atoms with Gasteiger partial charge >= 0.3 is 10.1 Å². The Balaban J connectivity index is 1.59. The topological polar surface area (TPSA) is 72.9 Å².